The van der Waals surface area contributed by atoms with E-state index in [1.807, 2.05) is 0 Å². The van der Waals surface area contributed by atoms with E-state index in [1.165, 1.54) is 0 Å². The number of aliphatic hydroxyl groups excluding tert-OH is 1. The maximum atomic E-state index is 11.6. The zero-order valence-electron chi connectivity index (χ0n) is 9.71. The van der Waals surface area contributed by atoms with E-state index in [9.17, 15) is 4.79 Å². The second kappa shape index (κ2) is 8.50. The van der Waals surface area contributed by atoms with Crippen LogP contribution in [0, 0.1) is 0 Å². The summed E-state index contributed by atoms with van der Waals surface area (Å²) in [7, 11) is 0. The first-order valence-corrected chi connectivity index (χ1v) is 6.05. The van der Waals surface area contributed by atoms with Crippen molar-refractivity contribution < 1.29 is 14.6 Å². The molecule has 0 saturated carbocycles. The van der Waals surface area contributed by atoms with Crippen molar-refractivity contribution in [3.63, 3.8) is 0 Å². The lowest BCUT2D eigenvalue weighted by atomic mass is 10.2. The summed E-state index contributed by atoms with van der Waals surface area (Å²) in [4.78, 5) is 11.6. The fourth-order valence-corrected chi connectivity index (χ4v) is 1.65. The number of aliphatic hydroxyl groups is 1. The molecule has 5 nitrogen and oxygen atoms in total. The highest BCUT2D eigenvalue weighted by Crippen LogP contribution is 1.99. The molecule has 1 amide bonds. The van der Waals surface area contributed by atoms with Crippen LogP contribution in [0.3, 0.4) is 0 Å². The zero-order chi connectivity index (χ0) is 11.6. The summed E-state index contributed by atoms with van der Waals surface area (Å²) in [5, 5.41) is 14.6. The number of unbranched alkanes of at least 4 members (excludes halogenated alkanes) is 3. The van der Waals surface area contributed by atoms with Crippen molar-refractivity contribution in [1.82, 2.24) is 10.6 Å². The Morgan fingerprint density at radius 2 is 2.19 bits per heavy atom. The minimum atomic E-state index is -0.328. The first-order chi connectivity index (χ1) is 7.84. The van der Waals surface area contributed by atoms with E-state index < -0.39 is 0 Å². The van der Waals surface area contributed by atoms with Crippen molar-refractivity contribution in [2.24, 2.45) is 0 Å². The number of hydrogen-bond donors (Lipinski definition) is 3. The van der Waals surface area contributed by atoms with Gasteiger partial charge in [-0.05, 0) is 12.8 Å². The molecule has 0 bridgehead atoms. The second-order valence-electron chi connectivity index (χ2n) is 3.99. The Morgan fingerprint density at radius 1 is 1.38 bits per heavy atom. The Bertz CT molecular complexity index is 194. The molecule has 0 radical (unpaired) electrons. The number of rotatable bonds is 7. The monoisotopic (exact) mass is 230 g/mol. The van der Waals surface area contributed by atoms with E-state index in [-0.39, 0.29) is 18.6 Å². The molecule has 1 saturated heterocycles. The third-order valence-electron chi connectivity index (χ3n) is 2.60. The fourth-order valence-electron chi connectivity index (χ4n) is 1.65. The SMILES string of the molecule is O=C(NCCCCCCO)C1CNCCO1. The number of carbonyl (C=O) groups excluding carboxylic acids is 1. The molecular formula is C11H22N2O3. The van der Waals surface area contributed by atoms with E-state index in [0.29, 0.717) is 19.7 Å². The molecule has 1 rings (SSSR count). The van der Waals surface area contributed by atoms with Crippen LogP contribution in [0.4, 0.5) is 0 Å². The Hall–Kier alpha value is -0.650. The van der Waals surface area contributed by atoms with Gasteiger partial charge in [-0.1, -0.05) is 12.8 Å². The first kappa shape index (κ1) is 13.4. The smallest absolute Gasteiger partial charge is 0.250 e. The molecule has 1 heterocycles. The molecular weight excluding hydrogens is 208 g/mol. The van der Waals surface area contributed by atoms with Crippen molar-refractivity contribution in [3.05, 3.63) is 0 Å². The lowest BCUT2D eigenvalue weighted by Crippen LogP contribution is -2.48. The molecule has 0 spiro atoms. The second-order valence-corrected chi connectivity index (χ2v) is 3.99. The van der Waals surface area contributed by atoms with Gasteiger partial charge in [0.15, 0.2) is 0 Å². The van der Waals surface area contributed by atoms with Crippen LogP contribution in [0.15, 0.2) is 0 Å². The molecule has 0 aromatic heterocycles. The van der Waals surface area contributed by atoms with Crippen molar-refractivity contribution in [2.45, 2.75) is 31.8 Å². The third kappa shape index (κ3) is 5.44. The van der Waals surface area contributed by atoms with Gasteiger partial charge in [0.05, 0.1) is 6.61 Å². The average molecular weight is 230 g/mol. The van der Waals surface area contributed by atoms with Crippen molar-refractivity contribution in [2.75, 3.05) is 32.8 Å². The van der Waals surface area contributed by atoms with E-state index in [1.54, 1.807) is 0 Å². The van der Waals surface area contributed by atoms with Crippen LogP contribution < -0.4 is 10.6 Å². The normalized spacial score (nSPS) is 20.7. The topological polar surface area (TPSA) is 70.6 Å². The van der Waals surface area contributed by atoms with Crippen LogP contribution in [0.1, 0.15) is 25.7 Å². The molecule has 1 fully saturated rings. The summed E-state index contributed by atoms with van der Waals surface area (Å²) in [6, 6.07) is 0. The number of amides is 1. The fraction of sp³-hybridized carbons (Fsp3) is 0.909. The maximum Gasteiger partial charge on any atom is 0.250 e. The Morgan fingerprint density at radius 3 is 2.88 bits per heavy atom. The van der Waals surface area contributed by atoms with Crippen molar-refractivity contribution in [1.29, 1.82) is 0 Å². The van der Waals surface area contributed by atoms with Crippen LogP contribution in [0.2, 0.25) is 0 Å². The Balaban J connectivity index is 1.97. The van der Waals surface area contributed by atoms with E-state index in [2.05, 4.69) is 10.6 Å². The molecule has 1 aliphatic heterocycles. The van der Waals surface area contributed by atoms with Crippen LogP contribution in [0.5, 0.6) is 0 Å². The molecule has 94 valence electrons. The van der Waals surface area contributed by atoms with Gasteiger partial charge in [-0.2, -0.15) is 0 Å². The summed E-state index contributed by atoms with van der Waals surface area (Å²) in [5.74, 6) is -0.0191. The molecule has 1 aliphatic rings. The quantitative estimate of drug-likeness (QED) is 0.523. The highest BCUT2D eigenvalue weighted by molar-refractivity contribution is 5.81. The Kier molecular flexibility index (Phi) is 7.12. The predicted octanol–water partition coefficient (Wildman–Crippen LogP) is -0.356. The molecule has 16 heavy (non-hydrogen) atoms. The summed E-state index contributed by atoms with van der Waals surface area (Å²) in [5.41, 5.74) is 0. The molecule has 0 aliphatic carbocycles. The molecule has 3 N–H and O–H groups in total. The van der Waals surface area contributed by atoms with Crippen LogP contribution in [-0.2, 0) is 9.53 Å². The number of nitrogens with one attached hydrogen (secondary N) is 2. The number of morpholine rings is 1. The van der Waals surface area contributed by atoms with Gasteiger partial charge >= 0.3 is 0 Å². The number of hydrogen-bond acceptors (Lipinski definition) is 4. The Labute approximate surface area is 96.6 Å². The average Bonchev–Trinajstić information content (AvgIpc) is 2.34. The number of ether oxygens (including phenoxy) is 1. The van der Waals surface area contributed by atoms with Crippen molar-refractivity contribution in [3.8, 4) is 0 Å². The minimum absolute atomic E-state index is 0.0191. The van der Waals surface area contributed by atoms with Crippen LogP contribution in [0.25, 0.3) is 0 Å². The molecule has 0 aromatic rings. The summed E-state index contributed by atoms with van der Waals surface area (Å²) < 4.78 is 5.33. The van der Waals surface area contributed by atoms with E-state index >= 15 is 0 Å². The summed E-state index contributed by atoms with van der Waals surface area (Å²) in [6.45, 7) is 2.99. The van der Waals surface area contributed by atoms with Crippen molar-refractivity contribution >= 4 is 5.91 Å². The van der Waals surface area contributed by atoms with E-state index in [4.69, 9.17) is 9.84 Å². The maximum absolute atomic E-state index is 11.6. The zero-order valence-corrected chi connectivity index (χ0v) is 9.71. The standard InChI is InChI=1S/C11H22N2O3/c14-7-4-2-1-3-5-13-11(15)10-9-12-6-8-16-10/h10,12,14H,1-9H2,(H,13,15). The minimum Gasteiger partial charge on any atom is -0.396 e. The highest BCUT2D eigenvalue weighted by atomic mass is 16.5. The highest BCUT2D eigenvalue weighted by Gasteiger charge is 2.20. The van der Waals surface area contributed by atoms with Gasteiger partial charge in [0.25, 0.3) is 0 Å². The summed E-state index contributed by atoms with van der Waals surface area (Å²) in [6.07, 6.45) is 3.56. The van der Waals surface area contributed by atoms with Crippen LogP contribution in [-0.4, -0.2) is 50.0 Å². The largest absolute Gasteiger partial charge is 0.396 e. The third-order valence-corrected chi connectivity index (χ3v) is 2.60. The van der Waals surface area contributed by atoms with Gasteiger partial charge < -0.3 is 20.5 Å². The lowest BCUT2D eigenvalue weighted by Gasteiger charge is -2.22. The van der Waals surface area contributed by atoms with Gasteiger partial charge in [0.2, 0.25) is 5.91 Å². The van der Waals surface area contributed by atoms with Gasteiger partial charge in [0, 0.05) is 26.2 Å². The molecule has 0 aromatic carbocycles. The van der Waals surface area contributed by atoms with Crippen LogP contribution >= 0.6 is 0 Å². The van der Waals surface area contributed by atoms with Gasteiger partial charge in [-0.25, -0.2) is 0 Å². The molecule has 5 heteroatoms. The predicted molar refractivity (Wildman–Crippen MR) is 61.2 cm³/mol. The van der Waals surface area contributed by atoms with Gasteiger partial charge in [-0.3, -0.25) is 4.79 Å². The summed E-state index contributed by atoms with van der Waals surface area (Å²) >= 11 is 0. The lowest BCUT2D eigenvalue weighted by molar-refractivity contribution is -0.134. The van der Waals surface area contributed by atoms with Gasteiger partial charge in [0.1, 0.15) is 6.10 Å². The molecule has 1 unspecified atom stereocenters. The van der Waals surface area contributed by atoms with E-state index in [0.717, 1.165) is 32.2 Å². The number of carbonyl (C=O) groups is 1. The molecule has 1 atom stereocenters. The van der Waals surface area contributed by atoms with Gasteiger partial charge in [-0.15, -0.1) is 0 Å². The first-order valence-electron chi connectivity index (χ1n) is 6.05.